The van der Waals surface area contributed by atoms with E-state index in [1.54, 1.807) is 12.1 Å². The molecule has 5 nitrogen and oxygen atoms in total. The Kier molecular flexibility index (Phi) is 3.73. The zero-order valence-corrected chi connectivity index (χ0v) is 12.4. The number of carbonyl (C=O) groups excluding carboxylic acids is 2. The summed E-state index contributed by atoms with van der Waals surface area (Å²) in [6.45, 7) is 1.35. The second-order valence-corrected chi connectivity index (χ2v) is 5.40. The fraction of sp³-hybridized carbons (Fsp3) is 0.176. The Bertz CT molecular complexity index is 743. The van der Waals surface area contributed by atoms with Crippen LogP contribution in [0.2, 0.25) is 0 Å². The molecule has 3 rings (SSSR count). The van der Waals surface area contributed by atoms with Gasteiger partial charge in [0.2, 0.25) is 5.91 Å². The van der Waals surface area contributed by atoms with Crippen LogP contribution in [0, 0.1) is 5.82 Å². The first-order valence-corrected chi connectivity index (χ1v) is 7.12. The van der Waals surface area contributed by atoms with Crippen LogP contribution in [0.5, 0.6) is 5.75 Å². The van der Waals surface area contributed by atoms with Gasteiger partial charge in [-0.3, -0.25) is 9.59 Å². The van der Waals surface area contributed by atoms with Gasteiger partial charge in [0.15, 0.2) is 0 Å². The zero-order chi connectivity index (χ0) is 16.6. The van der Waals surface area contributed by atoms with E-state index in [9.17, 15) is 19.1 Å². The summed E-state index contributed by atoms with van der Waals surface area (Å²) in [5.74, 6) is -0.833. The summed E-state index contributed by atoms with van der Waals surface area (Å²) < 4.78 is 13.1. The third kappa shape index (κ3) is 2.75. The highest BCUT2D eigenvalue weighted by atomic mass is 19.1. The highest BCUT2D eigenvalue weighted by Crippen LogP contribution is 2.39. The van der Waals surface area contributed by atoms with Crippen LogP contribution < -0.4 is 10.2 Å². The predicted molar refractivity (Wildman–Crippen MR) is 82.3 cm³/mol. The largest absolute Gasteiger partial charge is 0.508 e. The summed E-state index contributed by atoms with van der Waals surface area (Å²) in [6.07, 6.45) is 0. The molecule has 1 aliphatic heterocycles. The molecule has 0 bridgehead atoms. The highest BCUT2D eigenvalue weighted by molar-refractivity contribution is 6.07. The summed E-state index contributed by atoms with van der Waals surface area (Å²) in [4.78, 5) is 25.2. The van der Waals surface area contributed by atoms with E-state index in [-0.39, 0.29) is 23.4 Å². The summed E-state index contributed by atoms with van der Waals surface area (Å²) in [5, 5.41) is 12.1. The van der Waals surface area contributed by atoms with Gasteiger partial charge in [-0.25, -0.2) is 4.39 Å². The molecule has 0 radical (unpaired) electrons. The first-order valence-electron chi connectivity index (χ1n) is 7.12. The lowest BCUT2D eigenvalue weighted by Gasteiger charge is -2.47. The molecule has 0 unspecified atom stereocenters. The molecule has 0 aliphatic carbocycles. The molecule has 23 heavy (non-hydrogen) atoms. The minimum atomic E-state index is -0.679. The number of nitrogens with one attached hydrogen (secondary N) is 1. The number of anilines is 1. The van der Waals surface area contributed by atoms with Crippen LogP contribution in [-0.4, -0.2) is 23.0 Å². The van der Waals surface area contributed by atoms with Gasteiger partial charge in [0.25, 0.3) is 5.91 Å². The number of amides is 2. The van der Waals surface area contributed by atoms with Crippen molar-refractivity contribution in [2.45, 2.75) is 19.0 Å². The number of β-lactam (4-membered cyclic amide) rings is 1. The van der Waals surface area contributed by atoms with Gasteiger partial charge in [0.05, 0.1) is 6.04 Å². The number of carbonyl (C=O) groups is 2. The lowest BCUT2D eigenvalue weighted by Crippen LogP contribution is -2.65. The van der Waals surface area contributed by atoms with Crippen LogP contribution in [0.3, 0.4) is 0 Å². The molecule has 1 fully saturated rings. The fourth-order valence-electron chi connectivity index (χ4n) is 2.75. The number of hydrogen-bond donors (Lipinski definition) is 2. The Morgan fingerprint density at radius 2 is 1.74 bits per heavy atom. The van der Waals surface area contributed by atoms with Crippen molar-refractivity contribution < 1.29 is 19.1 Å². The van der Waals surface area contributed by atoms with E-state index in [2.05, 4.69) is 5.32 Å². The van der Waals surface area contributed by atoms with E-state index in [1.165, 1.54) is 48.2 Å². The Labute approximate surface area is 132 Å². The van der Waals surface area contributed by atoms with Gasteiger partial charge in [0, 0.05) is 12.6 Å². The van der Waals surface area contributed by atoms with E-state index in [4.69, 9.17) is 0 Å². The van der Waals surface area contributed by atoms with E-state index in [0.29, 0.717) is 5.69 Å². The topological polar surface area (TPSA) is 69.6 Å². The molecule has 0 aromatic heterocycles. The molecule has 2 aromatic rings. The first kappa shape index (κ1) is 15.0. The number of benzene rings is 2. The highest BCUT2D eigenvalue weighted by Gasteiger charge is 2.49. The molecular weight excluding hydrogens is 299 g/mol. The van der Waals surface area contributed by atoms with Gasteiger partial charge >= 0.3 is 0 Å². The number of phenols is 1. The molecular formula is C17H15FN2O3. The van der Waals surface area contributed by atoms with Crippen LogP contribution >= 0.6 is 0 Å². The fourth-order valence-corrected chi connectivity index (χ4v) is 2.75. The Morgan fingerprint density at radius 1 is 1.13 bits per heavy atom. The van der Waals surface area contributed by atoms with Gasteiger partial charge in [0.1, 0.15) is 17.6 Å². The lowest BCUT2D eigenvalue weighted by molar-refractivity contribution is -0.132. The van der Waals surface area contributed by atoms with E-state index in [1.807, 2.05) is 0 Å². The number of phenolic OH excluding ortho intramolecular Hbond substituents is 1. The monoisotopic (exact) mass is 314 g/mol. The predicted octanol–water partition coefficient (Wildman–Crippen LogP) is 2.12. The second kappa shape index (κ2) is 5.72. The van der Waals surface area contributed by atoms with Crippen molar-refractivity contribution in [3.8, 4) is 5.75 Å². The van der Waals surface area contributed by atoms with Gasteiger partial charge in [-0.05, 0) is 42.0 Å². The van der Waals surface area contributed by atoms with E-state index < -0.39 is 12.1 Å². The first-order chi connectivity index (χ1) is 11.0. The number of aromatic hydroxyl groups is 1. The summed E-state index contributed by atoms with van der Waals surface area (Å²) >= 11 is 0. The molecule has 0 spiro atoms. The Balaban J connectivity index is 1.97. The third-order valence-electron chi connectivity index (χ3n) is 3.80. The van der Waals surface area contributed by atoms with Gasteiger partial charge in [-0.15, -0.1) is 0 Å². The molecule has 1 heterocycles. The Hall–Kier alpha value is -2.89. The van der Waals surface area contributed by atoms with Crippen LogP contribution in [0.1, 0.15) is 18.5 Å². The molecule has 1 saturated heterocycles. The van der Waals surface area contributed by atoms with E-state index in [0.717, 1.165) is 5.56 Å². The van der Waals surface area contributed by atoms with Crippen molar-refractivity contribution in [3.05, 3.63) is 59.9 Å². The molecule has 6 heteroatoms. The normalized spacial score (nSPS) is 20.1. The van der Waals surface area contributed by atoms with Crippen molar-refractivity contribution in [3.63, 3.8) is 0 Å². The maximum absolute atomic E-state index is 13.1. The zero-order valence-electron chi connectivity index (χ0n) is 12.4. The molecule has 2 amide bonds. The van der Waals surface area contributed by atoms with Crippen molar-refractivity contribution in [2.75, 3.05) is 4.90 Å². The maximum atomic E-state index is 13.1. The van der Waals surface area contributed by atoms with Crippen molar-refractivity contribution >= 4 is 17.5 Å². The van der Waals surface area contributed by atoms with Crippen molar-refractivity contribution in [2.24, 2.45) is 0 Å². The number of rotatable bonds is 3. The summed E-state index contributed by atoms with van der Waals surface area (Å²) in [6, 6.07) is 10.9. The number of nitrogens with zero attached hydrogens (tertiary/aromatic N) is 1. The molecule has 2 aromatic carbocycles. The van der Waals surface area contributed by atoms with E-state index >= 15 is 0 Å². The van der Waals surface area contributed by atoms with Crippen LogP contribution in [0.15, 0.2) is 48.5 Å². The third-order valence-corrected chi connectivity index (χ3v) is 3.80. The van der Waals surface area contributed by atoms with Crippen molar-refractivity contribution in [1.82, 2.24) is 5.32 Å². The minimum absolute atomic E-state index is 0.115. The molecule has 1 aliphatic rings. The lowest BCUT2D eigenvalue weighted by atomic mass is 9.87. The maximum Gasteiger partial charge on any atom is 0.252 e. The average Bonchev–Trinajstić information content (AvgIpc) is 2.52. The number of halogens is 1. The molecule has 118 valence electrons. The molecule has 2 N–H and O–H groups in total. The second-order valence-electron chi connectivity index (χ2n) is 5.40. The molecule has 0 saturated carbocycles. The standard InChI is InChI=1S/C17H15FN2O3/c1-10(21)19-15-16(11-2-8-14(22)9-3-11)20(17(15)23)13-6-4-12(18)5-7-13/h2-9,15-16,22H,1H3,(H,19,21)/t15-,16-/m1/s1. The van der Waals surface area contributed by atoms with Crippen molar-refractivity contribution in [1.29, 1.82) is 0 Å². The SMILES string of the molecule is CC(=O)N[C@H]1C(=O)N(c2ccc(F)cc2)[C@@H]1c1ccc(O)cc1. The summed E-state index contributed by atoms with van der Waals surface area (Å²) in [5.41, 5.74) is 1.32. The smallest absolute Gasteiger partial charge is 0.252 e. The average molecular weight is 314 g/mol. The molecule has 2 atom stereocenters. The van der Waals surface area contributed by atoms with Gasteiger partial charge in [-0.1, -0.05) is 12.1 Å². The minimum Gasteiger partial charge on any atom is -0.508 e. The van der Waals surface area contributed by atoms with Crippen LogP contribution in [-0.2, 0) is 9.59 Å². The summed E-state index contributed by atoms with van der Waals surface area (Å²) in [7, 11) is 0. The van der Waals surface area contributed by atoms with Gasteiger partial charge < -0.3 is 15.3 Å². The van der Waals surface area contributed by atoms with Crippen LogP contribution in [0.4, 0.5) is 10.1 Å². The quantitative estimate of drug-likeness (QED) is 0.853. The van der Waals surface area contributed by atoms with Crippen LogP contribution in [0.25, 0.3) is 0 Å². The van der Waals surface area contributed by atoms with Gasteiger partial charge in [-0.2, -0.15) is 0 Å². The Morgan fingerprint density at radius 3 is 2.30 bits per heavy atom. The number of hydrogen-bond acceptors (Lipinski definition) is 3.